The van der Waals surface area contributed by atoms with Crippen molar-refractivity contribution < 1.29 is 18.3 Å². The summed E-state index contributed by atoms with van der Waals surface area (Å²) in [5.74, 6) is -1.02. The number of carbonyl (C=O) groups is 1. The third kappa shape index (κ3) is 5.05. The van der Waals surface area contributed by atoms with Gasteiger partial charge in [0.1, 0.15) is 4.90 Å². The fraction of sp³-hybridized carbons (Fsp3) is 0.316. The first-order valence-corrected chi connectivity index (χ1v) is 11.5. The zero-order valence-corrected chi connectivity index (χ0v) is 18.4. The van der Waals surface area contributed by atoms with Crippen molar-refractivity contribution in [3.63, 3.8) is 0 Å². The number of carboxylic acid groups (broad SMARTS) is 1. The molecule has 0 aromatic heterocycles. The molecule has 0 radical (unpaired) electrons. The number of nitrogens with zero attached hydrogens (tertiary/aromatic N) is 2. The van der Waals surface area contributed by atoms with E-state index in [0.29, 0.717) is 44.2 Å². The van der Waals surface area contributed by atoms with Gasteiger partial charge in [0.05, 0.1) is 15.6 Å². The zero-order valence-electron chi connectivity index (χ0n) is 15.3. The Balaban J connectivity index is 1.60. The highest BCUT2D eigenvalue weighted by Gasteiger charge is 2.31. The third-order valence-corrected chi connectivity index (χ3v) is 8.05. The van der Waals surface area contributed by atoms with E-state index < -0.39 is 16.0 Å². The van der Waals surface area contributed by atoms with Gasteiger partial charge in [-0.1, -0.05) is 46.9 Å². The van der Waals surface area contributed by atoms with Crippen molar-refractivity contribution in [1.82, 2.24) is 9.21 Å². The summed E-state index contributed by atoms with van der Waals surface area (Å²) in [4.78, 5) is 13.1. The minimum absolute atomic E-state index is 0.0536. The lowest BCUT2D eigenvalue weighted by Gasteiger charge is -2.34. The first kappa shape index (κ1) is 22.3. The van der Waals surface area contributed by atoms with Crippen LogP contribution in [0.15, 0.2) is 41.3 Å². The Morgan fingerprint density at radius 3 is 2.14 bits per heavy atom. The van der Waals surface area contributed by atoms with Gasteiger partial charge in [0, 0.05) is 37.7 Å². The Morgan fingerprint density at radius 1 is 0.966 bits per heavy atom. The molecule has 1 aliphatic heterocycles. The molecular weight excluding hydrogens is 459 g/mol. The van der Waals surface area contributed by atoms with Crippen LogP contribution < -0.4 is 0 Å². The van der Waals surface area contributed by atoms with Crippen LogP contribution in [0.3, 0.4) is 0 Å². The van der Waals surface area contributed by atoms with Gasteiger partial charge in [0.25, 0.3) is 0 Å². The van der Waals surface area contributed by atoms with Crippen molar-refractivity contribution in [3.8, 4) is 0 Å². The largest absolute Gasteiger partial charge is 0.478 e. The summed E-state index contributed by atoms with van der Waals surface area (Å²) in [5.41, 5.74) is 1.00. The summed E-state index contributed by atoms with van der Waals surface area (Å²) in [6.45, 7) is 2.47. The quantitative estimate of drug-likeness (QED) is 0.683. The lowest BCUT2D eigenvalue weighted by atomic mass is 10.1. The molecule has 1 heterocycles. The van der Waals surface area contributed by atoms with Crippen molar-refractivity contribution in [2.45, 2.75) is 11.3 Å². The molecule has 2 aromatic carbocycles. The monoisotopic (exact) mass is 476 g/mol. The van der Waals surface area contributed by atoms with Gasteiger partial charge >= 0.3 is 5.97 Å². The van der Waals surface area contributed by atoms with E-state index in [9.17, 15) is 13.2 Å². The molecule has 0 aliphatic carbocycles. The molecule has 0 spiro atoms. The van der Waals surface area contributed by atoms with E-state index in [1.54, 1.807) is 12.1 Å². The highest BCUT2D eigenvalue weighted by atomic mass is 35.5. The fourth-order valence-electron chi connectivity index (χ4n) is 3.21. The van der Waals surface area contributed by atoms with Crippen LogP contribution in [0.4, 0.5) is 0 Å². The maximum absolute atomic E-state index is 12.9. The highest BCUT2D eigenvalue weighted by Crippen LogP contribution is 2.32. The van der Waals surface area contributed by atoms with Gasteiger partial charge in [-0.15, -0.1) is 0 Å². The minimum atomic E-state index is -3.77. The van der Waals surface area contributed by atoms with Crippen LogP contribution in [0, 0.1) is 0 Å². The van der Waals surface area contributed by atoms with Crippen LogP contribution in [0.1, 0.15) is 15.9 Å². The normalized spacial score (nSPS) is 16.1. The second-order valence-corrected chi connectivity index (χ2v) is 9.75. The lowest BCUT2D eigenvalue weighted by Crippen LogP contribution is -2.49. The second kappa shape index (κ2) is 9.20. The number of aromatic carboxylic acids is 1. The van der Waals surface area contributed by atoms with Crippen molar-refractivity contribution in [2.75, 3.05) is 32.7 Å². The molecule has 0 atom stereocenters. The fourth-order valence-corrected chi connectivity index (χ4v) is 6.00. The van der Waals surface area contributed by atoms with Crippen molar-refractivity contribution in [1.29, 1.82) is 0 Å². The molecular formula is C19H19Cl3N2O4S. The van der Waals surface area contributed by atoms with E-state index in [1.807, 2.05) is 0 Å². The van der Waals surface area contributed by atoms with Gasteiger partial charge in [0.15, 0.2) is 0 Å². The molecule has 2 aromatic rings. The van der Waals surface area contributed by atoms with E-state index in [4.69, 9.17) is 39.9 Å². The maximum Gasteiger partial charge on any atom is 0.335 e. The molecule has 156 valence electrons. The van der Waals surface area contributed by atoms with Crippen LogP contribution in [0.2, 0.25) is 15.1 Å². The minimum Gasteiger partial charge on any atom is -0.478 e. The van der Waals surface area contributed by atoms with E-state index in [2.05, 4.69) is 4.90 Å². The van der Waals surface area contributed by atoms with Gasteiger partial charge in [-0.25, -0.2) is 13.2 Å². The predicted molar refractivity (Wildman–Crippen MR) is 114 cm³/mol. The molecule has 29 heavy (non-hydrogen) atoms. The van der Waals surface area contributed by atoms with Crippen LogP contribution in [-0.4, -0.2) is 61.4 Å². The summed E-state index contributed by atoms with van der Waals surface area (Å²) in [6.07, 6.45) is 0.641. The number of hydrogen-bond donors (Lipinski definition) is 1. The lowest BCUT2D eigenvalue weighted by molar-refractivity contribution is 0.0697. The molecule has 3 rings (SSSR count). The molecule has 0 bridgehead atoms. The number of carboxylic acids is 1. The zero-order chi connectivity index (χ0) is 21.2. The number of halogens is 3. The first-order valence-electron chi connectivity index (χ1n) is 8.88. The molecule has 0 unspecified atom stereocenters. The highest BCUT2D eigenvalue weighted by molar-refractivity contribution is 7.89. The standard InChI is InChI=1S/C19H19Cl3N2O4S/c20-15-2-1-3-16(21)18(15)29(27,28)24-10-8-23(9-11-24)7-6-13-4-5-14(19(25)26)12-17(13)22/h1-5,12H,6-11H2,(H,25,26). The number of sulfonamides is 1. The molecule has 1 saturated heterocycles. The number of rotatable bonds is 6. The van der Waals surface area contributed by atoms with Gasteiger partial charge in [-0.05, 0) is 36.2 Å². The second-order valence-electron chi connectivity index (χ2n) is 6.66. The average molecular weight is 478 g/mol. The molecule has 1 N–H and O–H groups in total. The number of piperazine rings is 1. The third-order valence-electron chi connectivity index (χ3n) is 4.85. The molecule has 1 fully saturated rings. The van der Waals surface area contributed by atoms with E-state index in [-0.39, 0.29) is 20.5 Å². The smallest absolute Gasteiger partial charge is 0.335 e. The molecule has 6 nitrogen and oxygen atoms in total. The van der Waals surface area contributed by atoms with Gasteiger partial charge in [-0.3, -0.25) is 0 Å². The maximum atomic E-state index is 12.9. The Labute approximate surface area is 184 Å². The van der Waals surface area contributed by atoms with E-state index >= 15 is 0 Å². The van der Waals surface area contributed by atoms with Crippen molar-refractivity contribution >= 4 is 50.8 Å². The number of hydrogen-bond acceptors (Lipinski definition) is 4. The first-order chi connectivity index (χ1) is 13.7. The van der Waals surface area contributed by atoms with Crippen LogP contribution in [0.25, 0.3) is 0 Å². The Morgan fingerprint density at radius 2 is 1.59 bits per heavy atom. The van der Waals surface area contributed by atoms with Gasteiger partial charge in [0.2, 0.25) is 10.0 Å². The molecule has 0 saturated carbocycles. The van der Waals surface area contributed by atoms with Gasteiger partial charge < -0.3 is 10.0 Å². The van der Waals surface area contributed by atoms with E-state index in [0.717, 1.165) is 5.56 Å². The summed E-state index contributed by atoms with van der Waals surface area (Å²) < 4.78 is 27.2. The summed E-state index contributed by atoms with van der Waals surface area (Å²) in [7, 11) is -3.77. The Bertz CT molecular complexity index is 1000. The van der Waals surface area contributed by atoms with Crippen molar-refractivity contribution in [2.24, 2.45) is 0 Å². The van der Waals surface area contributed by atoms with Crippen LogP contribution in [-0.2, 0) is 16.4 Å². The van der Waals surface area contributed by atoms with E-state index in [1.165, 1.54) is 28.6 Å². The Hall–Kier alpha value is -1.35. The summed E-state index contributed by atoms with van der Waals surface area (Å²) >= 11 is 18.3. The predicted octanol–water partition coefficient (Wildman–Crippen LogP) is 3.89. The molecule has 1 aliphatic rings. The summed E-state index contributed by atoms with van der Waals surface area (Å²) in [5, 5.41) is 9.64. The van der Waals surface area contributed by atoms with Crippen molar-refractivity contribution in [3.05, 3.63) is 62.6 Å². The number of benzene rings is 2. The average Bonchev–Trinajstić information content (AvgIpc) is 2.67. The van der Waals surface area contributed by atoms with Crippen LogP contribution in [0.5, 0.6) is 0 Å². The summed E-state index contributed by atoms with van der Waals surface area (Å²) in [6, 6.07) is 9.31. The molecule has 10 heteroatoms. The molecule has 0 amide bonds. The Kier molecular flexibility index (Phi) is 7.09. The SMILES string of the molecule is O=C(O)c1ccc(CCN2CCN(S(=O)(=O)c3c(Cl)cccc3Cl)CC2)c(Cl)c1. The van der Waals surface area contributed by atoms with Crippen LogP contribution >= 0.6 is 34.8 Å². The van der Waals surface area contributed by atoms with Gasteiger partial charge in [-0.2, -0.15) is 4.31 Å². The topological polar surface area (TPSA) is 77.9 Å².